The first-order valence-electron chi connectivity index (χ1n) is 7.52. The minimum absolute atomic E-state index is 0. The number of nitrogens with one attached hydrogen (secondary N) is 2. The average Bonchev–Trinajstić information content (AvgIpc) is 2.60. The van der Waals surface area contributed by atoms with E-state index in [0.29, 0.717) is 5.56 Å². The molecule has 7 nitrogen and oxygen atoms in total. The quantitative estimate of drug-likeness (QED) is 0.625. The number of halogens is 1. The smallest absolute Gasteiger partial charge is 0.240 e. The van der Waals surface area contributed by atoms with E-state index in [0.717, 1.165) is 5.56 Å². The topological polar surface area (TPSA) is 118 Å². The molecule has 0 fully saturated rings. The molecule has 0 aliphatic rings. The zero-order valence-corrected chi connectivity index (χ0v) is 16.8. The summed E-state index contributed by atoms with van der Waals surface area (Å²) in [6.45, 7) is 1.57. The minimum atomic E-state index is -3.80. The third-order valence-corrected chi connectivity index (χ3v) is 6.73. The van der Waals surface area contributed by atoms with E-state index >= 15 is 0 Å². The van der Waals surface area contributed by atoms with Gasteiger partial charge in [-0.3, -0.25) is 0 Å². The van der Waals surface area contributed by atoms with Gasteiger partial charge in [-0.1, -0.05) is 30.3 Å². The van der Waals surface area contributed by atoms with Crippen LogP contribution < -0.4 is 15.2 Å². The van der Waals surface area contributed by atoms with Crippen molar-refractivity contribution in [2.45, 2.75) is 22.8 Å². The average molecular weight is 420 g/mol. The van der Waals surface area contributed by atoms with Crippen LogP contribution in [0.2, 0.25) is 0 Å². The van der Waals surface area contributed by atoms with Crippen molar-refractivity contribution < 1.29 is 16.8 Å². The Labute approximate surface area is 160 Å². The number of aryl methyl sites for hydroxylation is 1. The SMILES string of the molecule is CNS(=O)(=O)c1ccc(S(=O)(=O)NCC(N)c2ccccc2)cc1C.Cl. The highest BCUT2D eigenvalue weighted by atomic mass is 35.5. The monoisotopic (exact) mass is 419 g/mol. The number of rotatable bonds is 7. The molecule has 144 valence electrons. The molecule has 0 amide bonds. The Kier molecular flexibility index (Phi) is 7.75. The van der Waals surface area contributed by atoms with Gasteiger partial charge in [-0.05, 0) is 43.3 Å². The van der Waals surface area contributed by atoms with Gasteiger partial charge in [-0.25, -0.2) is 26.3 Å². The molecule has 2 aromatic carbocycles. The van der Waals surface area contributed by atoms with Crippen molar-refractivity contribution in [3.8, 4) is 0 Å². The maximum Gasteiger partial charge on any atom is 0.240 e. The van der Waals surface area contributed by atoms with Crippen LogP contribution in [0.25, 0.3) is 0 Å². The van der Waals surface area contributed by atoms with E-state index in [1.54, 1.807) is 6.92 Å². The summed E-state index contributed by atoms with van der Waals surface area (Å²) in [5.74, 6) is 0. The van der Waals surface area contributed by atoms with E-state index < -0.39 is 26.1 Å². The summed E-state index contributed by atoms with van der Waals surface area (Å²) in [6, 6.07) is 12.5. The van der Waals surface area contributed by atoms with E-state index in [2.05, 4.69) is 9.44 Å². The van der Waals surface area contributed by atoms with Crippen LogP contribution in [0.3, 0.4) is 0 Å². The van der Waals surface area contributed by atoms with Gasteiger partial charge in [0, 0.05) is 12.6 Å². The third-order valence-electron chi connectivity index (χ3n) is 3.74. The molecule has 10 heteroatoms. The number of hydrogen-bond acceptors (Lipinski definition) is 5. The zero-order chi connectivity index (χ0) is 18.7. The van der Waals surface area contributed by atoms with E-state index in [9.17, 15) is 16.8 Å². The molecule has 0 heterocycles. The highest BCUT2D eigenvalue weighted by molar-refractivity contribution is 7.90. The van der Waals surface area contributed by atoms with Gasteiger partial charge in [-0.15, -0.1) is 12.4 Å². The van der Waals surface area contributed by atoms with Crippen LogP contribution in [-0.4, -0.2) is 30.4 Å². The third kappa shape index (κ3) is 5.26. The van der Waals surface area contributed by atoms with Crippen LogP contribution in [-0.2, 0) is 20.0 Å². The lowest BCUT2D eigenvalue weighted by Gasteiger charge is -2.14. The minimum Gasteiger partial charge on any atom is -0.323 e. The Morgan fingerprint density at radius 3 is 2.15 bits per heavy atom. The second kappa shape index (κ2) is 8.94. The second-order valence-electron chi connectivity index (χ2n) is 5.50. The largest absolute Gasteiger partial charge is 0.323 e. The van der Waals surface area contributed by atoms with Gasteiger partial charge in [-0.2, -0.15) is 0 Å². The van der Waals surface area contributed by atoms with Crippen molar-refractivity contribution >= 4 is 32.5 Å². The molecule has 0 saturated carbocycles. The van der Waals surface area contributed by atoms with Crippen LogP contribution in [0.4, 0.5) is 0 Å². The number of hydrogen-bond donors (Lipinski definition) is 3. The lowest BCUT2D eigenvalue weighted by Crippen LogP contribution is -2.32. The molecule has 0 bridgehead atoms. The van der Waals surface area contributed by atoms with Crippen LogP contribution in [0, 0.1) is 6.92 Å². The Bertz CT molecular complexity index is 949. The molecule has 0 spiro atoms. The maximum absolute atomic E-state index is 12.4. The van der Waals surface area contributed by atoms with Crippen molar-refractivity contribution in [2.24, 2.45) is 5.73 Å². The van der Waals surface area contributed by atoms with Gasteiger partial charge < -0.3 is 5.73 Å². The normalized spacial score (nSPS) is 13.0. The molecule has 26 heavy (non-hydrogen) atoms. The highest BCUT2D eigenvalue weighted by Crippen LogP contribution is 2.19. The number of nitrogens with two attached hydrogens (primary N) is 1. The predicted octanol–water partition coefficient (Wildman–Crippen LogP) is 1.30. The van der Waals surface area contributed by atoms with Gasteiger partial charge in [0.2, 0.25) is 20.0 Å². The standard InChI is InChI=1S/C16H21N3O4S2.ClH/c1-12-10-14(8-9-16(12)25(22,23)18-2)24(20,21)19-11-15(17)13-6-4-3-5-7-13;/h3-10,15,18-19H,11,17H2,1-2H3;1H. The molecule has 0 aliphatic carbocycles. The first kappa shape index (κ1) is 22.6. The molecule has 1 atom stereocenters. The van der Waals surface area contributed by atoms with Gasteiger partial charge in [0.15, 0.2) is 0 Å². The summed E-state index contributed by atoms with van der Waals surface area (Å²) in [4.78, 5) is 0.0234. The summed E-state index contributed by atoms with van der Waals surface area (Å²) in [5, 5.41) is 0. The van der Waals surface area contributed by atoms with E-state index in [1.807, 2.05) is 30.3 Å². The number of benzene rings is 2. The molecule has 0 saturated heterocycles. The van der Waals surface area contributed by atoms with E-state index in [-0.39, 0.29) is 28.7 Å². The van der Waals surface area contributed by atoms with Crippen molar-refractivity contribution in [3.05, 3.63) is 59.7 Å². The molecule has 2 rings (SSSR count). The van der Waals surface area contributed by atoms with Gasteiger partial charge >= 0.3 is 0 Å². The summed E-state index contributed by atoms with van der Waals surface area (Å²) in [5.41, 5.74) is 7.15. The van der Waals surface area contributed by atoms with Crippen LogP contribution in [0.5, 0.6) is 0 Å². The van der Waals surface area contributed by atoms with Crippen LogP contribution >= 0.6 is 12.4 Å². The Hall–Kier alpha value is -1.49. The first-order chi connectivity index (χ1) is 11.7. The van der Waals surface area contributed by atoms with Crippen molar-refractivity contribution in [2.75, 3.05) is 13.6 Å². The lowest BCUT2D eigenvalue weighted by atomic mass is 10.1. The molecule has 4 N–H and O–H groups in total. The van der Waals surface area contributed by atoms with Crippen molar-refractivity contribution in [1.82, 2.24) is 9.44 Å². The summed E-state index contributed by atoms with van der Waals surface area (Å²) in [6.07, 6.45) is 0. The number of sulfonamides is 2. The summed E-state index contributed by atoms with van der Waals surface area (Å²) >= 11 is 0. The zero-order valence-electron chi connectivity index (χ0n) is 14.3. The Balaban J connectivity index is 0.00000338. The van der Waals surface area contributed by atoms with Crippen LogP contribution in [0.1, 0.15) is 17.2 Å². The first-order valence-corrected chi connectivity index (χ1v) is 10.5. The summed E-state index contributed by atoms with van der Waals surface area (Å²) in [7, 11) is -6.14. The predicted molar refractivity (Wildman–Crippen MR) is 103 cm³/mol. The molecule has 0 radical (unpaired) electrons. The van der Waals surface area contributed by atoms with Crippen LogP contribution in [0.15, 0.2) is 58.3 Å². The van der Waals surface area contributed by atoms with Gasteiger partial charge in [0.1, 0.15) is 0 Å². The Morgan fingerprint density at radius 2 is 1.62 bits per heavy atom. The fraction of sp³-hybridized carbons (Fsp3) is 0.250. The van der Waals surface area contributed by atoms with Gasteiger partial charge in [0.05, 0.1) is 9.79 Å². The highest BCUT2D eigenvalue weighted by Gasteiger charge is 2.20. The molecular formula is C16H22ClN3O4S2. The lowest BCUT2D eigenvalue weighted by molar-refractivity contribution is 0.571. The molecular weight excluding hydrogens is 398 g/mol. The second-order valence-corrected chi connectivity index (χ2v) is 9.13. The van der Waals surface area contributed by atoms with Crippen molar-refractivity contribution in [1.29, 1.82) is 0 Å². The molecule has 0 aliphatic heterocycles. The molecule has 2 aromatic rings. The Morgan fingerprint density at radius 1 is 1.00 bits per heavy atom. The fourth-order valence-electron chi connectivity index (χ4n) is 2.30. The van der Waals surface area contributed by atoms with E-state index in [4.69, 9.17) is 5.73 Å². The fourth-order valence-corrected chi connectivity index (χ4v) is 4.40. The van der Waals surface area contributed by atoms with Gasteiger partial charge in [0.25, 0.3) is 0 Å². The van der Waals surface area contributed by atoms with E-state index in [1.165, 1.54) is 25.2 Å². The van der Waals surface area contributed by atoms with Crippen molar-refractivity contribution in [3.63, 3.8) is 0 Å². The molecule has 0 aromatic heterocycles. The maximum atomic E-state index is 12.4. The molecule has 1 unspecified atom stereocenters. The summed E-state index contributed by atoms with van der Waals surface area (Å²) < 4.78 is 53.2.